The van der Waals surface area contributed by atoms with Crippen LogP contribution in [0.4, 0.5) is 15.2 Å². The Morgan fingerprint density at radius 1 is 1.19 bits per heavy atom. The molecule has 1 amide bonds. The second-order valence-corrected chi connectivity index (χ2v) is 6.04. The normalized spacial score (nSPS) is 10.8. The van der Waals surface area contributed by atoms with Gasteiger partial charge < -0.3 is 0 Å². The molecule has 0 spiro atoms. The molecule has 130 valence electrons. The van der Waals surface area contributed by atoms with E-state index in [0.717, 1.165) is 5.56 Å². The van der Waals surface area contributed by atoms with E-state index in [9.17, 15) is 19.3 Å². The molecule has 3 aromatic rings. The molecule has 8 heteroatoms. The predicted octanol–water partition coefficient (Wildman–Crippen LogP) is 4.51. The van der Waals surface area contributed by atoms with E-state index >= 15 is 0 Å². The molecule has 0 radical (unpaired) electrons. The van der Waals surface area contributed by atoms with Gasteiger partial charge in [-0.1, -0.05) is 12.1 Å². The van der Waals surface area contributed by atoms with Crippen LogP contribution in [0.15, 0.2) is 60.0 Å². The number of thiazole rings is 1. The maximum absolute atomic E-state index is 13.0. The fourth-order valence-electron chi connectivity index (χ4n) is 2.19. The van der Waals surface area contributed by atoms with Crippen molar-refractivity contribution >= 4 is 34.1 Å². The zero-order valence-electron chi connectivity index (χ0n) is 13.3. The molecule has 0 bridgehead atoms. The molecular formula is C18H12FN3O3S. The number of amides is 1. The Kier molecular flexibility index (Phi) is 5.14. The van der Waals surface area contributed by atoms with Gasteiger partial charge in [-0.05, 0) is 36.4 Å². The van der Waals surface area contributed by atoms with Crippen molar-refractivity contribution < 1.29 is 14.1 Å². The summed E-state index contributed by atoms with van der Waals surface area (Å²) in [5, 5.41) is 15.7. The Labute approximate surface area is 151 Å². The first-order chi connectivity index (χ1) is 12.5. The van der Waals surface area contributed by atoms with Gasteiger partial charge in [-0.2, -0.15) is 0 Å². The molecule has 6 nitrogen and oxygen atoms in total. The summed E-state index contributed by atoms with van der Waals surface area (Å²) in [5.74, 6) is -0.791. The van der Waals surface area contributed by atoms with Crippen molar-refractivity contribution in [1.82, 2.24) is 4.98 Å². The lowest BCUT2D eigenvalue weighted by Crippen LogP contribution is -2.07. The number of rotatable bonds is 5. The quantitative estimate of drug-likeness (QED) is 0.407. The molecule has 1 N–H and O–H groups in total. The third kappa shape index (κ3) is 4.17. The molecule has 0 aliphatic rings. The van der Waals surface area contributed by atoms with Crippen molar-refractivity contribution in [1.29, 1.82) is 0 Å². The van der Waals surface area contributed by atoms with Gasteiger partial charge in [0.05, 0.1) is 16.2 Å². The van der Waals surface area contributed by atoms with E-state index in [-0.39, 0.29) is 11.5 Å². The number of nitrogens with zero attached hydrogens (tertiary/aromatic N) is 2. The molecule has 0 saturated carbocycles. The number of benzene rings is 2. The number of aromatic nitrogens is 1. The molecule has 0 saturated heterocycles. The summed E-state index contributed by atoms with van der Waals surface area (Å²) in [6.07, 6.45) is 2.59. The predicted molar refractivity (Wildman–Crippen MR) is 98.3 cm³/mol. The fourth-order valence-corrected chi connectivity index (χ4v) is 2.91. The number of para-hydroxylation sites is 1. The van der Waals surface area contributed by atoms with E-state index < -0.39 is 10.8 Å². The Bertz CT molecular complexity index is 983. The molecule has 1 aromatic heterocycles. The number of nitro benzene ring substituents is 1. The minimum absolute atomic E-state index is 0.0793. The molecule has 0 atom stereocenters. The Balaban J connectivity index is 1.69. The minimum atomic E-state index is -0.507. The van der Waals surface area contributed by atoms with Gasteiger partial charge in [0.15, 0.2) is 5.13 Å². The number of halogens is 1. The van der Waals surface area contributed by atoms with Crippen LogP contribution in [0.5, 0.6) is 0 Å². The molecule has 0 fully saturated rings. The zero-order chi connectivity index (χ0) is 18.5. The molecule has 0 aliphatic carbocycles. The number of nitrogens with one attached hydrogen (secondary N) is 1. The molecule has 3 rings (SSSR count). The van der Waals surface area contributed by atoms with Crippen molar-refractivity contribution in [2.45, 2.75) is 0 Å². The van der Waals surface area contributed by atoms with Crippen molar-refractivity contribution in [2.24, 2.45) is 0 Å². The van der Waals surface area contributed by atoms with Crippen LogP contribution >= 0.6 is 11.3 Å². The largest absolute Gasteiger partial charge is 0.298 e. The van der Waals surface area contributed by atoms with E-state index in [2.05, 4.69) is 10.3 Å². The van der Waals surface area contributed by atoms with Crippen molar-refractivity contribution in [3.8, 4) is 11.3 Å². The van der Waals surface area contributed by atoms with Gasteiger partial charge in [-0.15, -0.1) is 11.3 Å². The lowest BCUT2D eigenvalue weighted by atomic mass is 10.1. The highest BCUT2D eigenvalue weighted by molar-refractivity contribution is 7.14. The average molecular weight is 369 g/mol. The zero-order valence-corrected chi connectivity index (χ0v) is 14.1. The van der Waals surface area contributed by atoms with E-state index in [1.54, 1.807) is 35.7 Å². The van der Waals surface area contributed by atoms with Crippen molar-refractivity contribution in [2.75, 3.05) is 5.32 Å². The monoisotopic (exact) mass is 369 g/mol. The fraction of sp³-hybridized carbons (Fsp3) is 0. The van der Waals surface area contributed by atoms with Crippen LogP contribution in [-0.2, 0) is 4.79 Å². The Morgan fingerprint density at radius 3 is 2.65 bits per heavy atom. The summed E-state index contributed by atoms with van der Waals surface area (Å²) in [6.45, 7) is 0. The first-order valence-corrected chi connectivity index (χ1v) is 8.35. The SMILES string of the molecule is O=C(/C=C\c1ccccc1[N+](=O)[O-])Nc1nc(-c2ccc(F)cc2)cs1. The van der Waals surface area contributed by atoms with Crippen LogP contribution in [0.2, 0.25) is 0 Å². The standard InChI is InChI=1S/C18H12FN3O3S/c19-14-8-5-12(6-9-14)15-11-26-18(20-15)21-17(23)10-7-13-3-1-2-4-16(13)22(24)25/h1-11H,(H,20,21,23)/b10-7-. The highest BCUT2D eigenvalue weighted by atomic mass is 32.1. The van der Waals surface area contributed by atoms with Crippen molar-refractivity contribution in [3.05, 3.63) is 81.5 Å². The average Bonchev–Trinajstić information content (AvgIpc) is 3.09. The highest BCUT2D eigenvalue weighted by Crippen LogP contribution is 2.25. The first kappa shape index (κ1) is 17.4. The van der Waals surface area contributed by atoms with Crippen molar-refractivity contribution in [3.63, 3.8) is 0 Å². The van der Waals surface area contributed by atoms with Crippen LogP contribution in [0.25, 0.3) is 17.3 Å². The summed E-state index contributed by atoms with van der Waals surface area (Å²) >= 11 is 1.23. The third-order valence-electron chi connectivity index (χ3n) is 3.42. The second kappa shape index (κ2) is 7.66. The highest BCUT2D eigenvalue weighted by Gasteiger charge is 2.10. The smallest absolute Gasteiger partial charge is 0.276 e. The molecule has 26 heavy (non-hydrogen) atoms. The molecule has 0 unspecified atom stereocenters. The molecule has 2 aromatic carbocycles. The summed E-state index contributed by atoms with van der Waals surface area (Å²) in [6, 6.07) is 12.0. The van der Waals surface area contributed by atoms with E-state index in [4.69, 9.17) is 0 Å². The van der Waals surface area contributed by atoms with E-state index in [0.29, 0.717) is 16.4 Å². The Hall–Kier alpha value is -3.39. The van der Waals surface area contributed by atoms with Gasteiger partial charge in [-0.3, -0.25) is 20.2 Å². The van der Waals surface area contributed by atoms with E-state index in [1.807, 2.05) is 0 Å². The number of carbonyl (C=O) groups excluding carboxylic acids is 1. The topological polar surface area (TPSA) is 85.1 Å². The first-order valence-electron chi connectivity index (χ1n) is 7.47. The van der Waals surface area contributed by atoms with Gasteiger partial charge in [0.2, 0.25) is 5.91 Å². The van der Waals surface area contributed by atoms with Gasteiger partial charge in [-0.25, -0.2) is 9.37 Å². The lowest BCUT2D eigenvalue weighted by Gasteiger charge is -1.98. The van der Waals surface area contributed by atoms with Gasteiger partial charge >= 0.3 is 0 Å². The summed E-state index contributed by atoms with van der Waals surface area (Å²) in [5.41, 5.74) is 1.61. The van der Waals surface area contributed by atoms with Crippen LogP contribution < -0.4 is 5.32 Å². The number of anilines is 1. The third-order valence-corrected chi connectivity index (χ3v) is 4.18. The summed E-state index contributed by atoms with van der Waals surface area (Å²) in [7, 11) is 0. The van der Waals surface area contributed by atoms with Gasteiger partial charge in [0.25, 0.3) is 5.69 Å². The maximum Gasteiger partial charge on any atom is 0.276 e. The minimum Gasteiger partial charge on any atom is -0.298 e. The molecule has 1 heterocycles. The van der Waals surface area contributed by atoms with Gasteiger partial charge in [0.1, 0.15) is 5.82 Å². The lowest BCUT2D eigenvalue weighted by molar-refractivity contribution is -0.385. The van der Waals surface area contributed by atoms with Crippen LogP contribution in [0, 0.1) is 15.9 Å². The number of hydrogen-bond donors (Lipinski definition) is 1. The van der Waals surface area contributed by atoms with Crippen LogP contribution in [0.3, 0.4) is 0 Å². The van der Waals surface area contributed by atoms with Gasteiger partial charge in [0, 0.05) is 23.1 Å². The molecule has 0 aliphatic heterocycles. The molecular weight excluding hydrogens is 357 g/mol. The number of carbonyl (C=O) groups is 1. The number of hydrogen-bond acceptors (Lipinski definition) is 5. The second-order valence-electron chi connectivity index (χ2n) is 5.18. The Morgan fingerprint density at radius 2 is 1.92 bits per heavy atom. The maximum atomic E-state index is 13.0. The summed E-state index contributed by atoms with van der Waals surface area (Å²) < 4.78 is 13.0. The van der Waals surface area contributed by atoms with Crippen LogP contribution in [0.1, 0.15) is 5.56 Å². The summed E-state index contributed by atoms with van der Waals surface area (Å²) in [4.78, 5) is 26.7. The number of nitro groups is 1. The van der Waals surface area contributed by atoms with Crippen LogP contribution in [-0.4, -0.2) is 15.8 Å². The van der Waals surface area contributed by atoms with E-state index in [1.165, 1.54) is 41.7 Å².